The van der Waals surface area contributed by atoms with Crippen molar-refractivity contribution in [3.05, 3.63) is 65.7 Å². The molecule has 0 radical (unpaired) electrons. The van der Waals surface area contributed by atoms with Crippen LogP contribution in [0.5, 0.6) is 0 Å². The normalized spacial score (nSPS) is 10.1. The first kappa shape index (κ1) is 13.6. The summed E-state index contributed by atoms with van der Waals surface area (Å²) in [7, 11) is 0. The Hall–Kier alpha value is -3.39. The third-order valence-electron chi connectivity index (χ3n) is 3.34. The highest BCUT2D eigenvalue weighted by Crippen LogP contribution is 2.26. The topological polar surface area (TPSA) is 89.8 Å². The molecule has 0 aliphatic carbocycles. The molecule has 0 fully saturated rings. The molecule has 0 spiro atoms. The molecule has 0 bridgehead atoms. The summed E-state index contributed by atoms with van der Waals surface area (Å²) in [4.78, 5) is 11.3. The van der Waals surface area contributed by atoms with Crippen LogP contribution in [0.2, 0.25) is 0 Å². The highest BCUT2D eigenvalue weighted by Gasteiger charge is 2.13. The van der Waals surface area contributed by atoms with Gasteiger partial charge in [0.1, 0.15) is 0 Å². The van der Waals surface area contributed by atoms with E-state index in [9.17, 15) is 9.90 Å². The molecule has 1 aromatic heterocycles. The van der Waals surface area contributed by atoms with Crippen molar-refractivity contribution < 1.29 is 9.90 Å². The summed E-state index contributed by atoms with van der Waals surface area (Å²) < 4.78 is 0. The number of H-pyrrole nitrogens is 1. The number of nitrogens with one attached hydrogen (secondary N) is 1. The molecule has 5 nitrogen and oxygen atoms in total. The number of nitriles is 1. The zero-order valence-corrected chi connectivity index (χ0v) is 11.4. The van der Waals surface area contributed by atoms with Gasteiger partial charge in [0.25, 0.3) is 0 Å². The van der Waals surface area contributed by atoms with Crippen LogP contribution in [-0.4, -0.2) is 21.3 Å². The molecule has 0 amide bonds. The second-order valence-corrected chi connectivity index (χ2v) is 4.71. The lowest BCUT2D eigenvalue weighted by atomic mass is 10.0. The van der Waals surface area contributed by atoms with Crippen LogP contribution < -0.4 is 0 Å². The minimum Gasteiger partial charge on any atom is -0.478 e. The van der Waals surface area contributed by atoms with E-state index < -0.39 is 5.97 Å². The Morgan fingerprint density at radius 1 is 1.14 bits per heavy atom. The number of aromatic amines is 1. The molecule has 2 N–H and O–H groups in total. The summed E-state index contributed by atoms with van der Waals surface area (Å²) in [6, 6.07) is 17.7. The van der Waals surface area contributed by atoms with Crippen LogP contribution in [0, 0.1) is 11.3 Å². The van der Waals surface area contributed by atoms with Crippen molar-refractivity contribution in [3.8, 4) is 28.6 Å². The number of nitrogens with zero attached hydrogens (tertiary/aromatic N) is 2. The molecule has 1 heterocycles. The van der Waals surface area contributed by atoms with E-state index in [0.29, 0.717) is 22.5 Å². The van der Waals surface area contributed by atoms with Gasteiger partial charge in [0.15, 0.2) is 0 Å². The standard InChI is InChI=1S/C17H11N3O2/c18-10-11-5-7-12(8-6-11)15-9-16(20-19-15)13-3-1-2-4-14(13)17(21)22/h1-9H,(H,19,20)(H,21,22). The quantitative estimate of drug-likeness (QED) is 0.774. The summed E-state index contributed by atoms with van der Waals surface area (Å²) in [6.07, 6.45) is 0. The third kappa shape index (κ3) is 2.45. The predicted molar refractivity (Wildman–Crippen MR) is 81.1 cm³/mol. The van der Waals surface area contributed by atoms with E-state index in [1.54, 1.807) is 42.5 Å². The van der Waals surface area contributed by atoms with Gasteiger partial charge in [0, 0.05) is 11.1 Å². The van der Waals surface area contributed by atoms with Crippen molar-refractivity contribution in [2.75, 3.05) is 0 Å². The van der Waals surface area contributed by atoms with Crippen LogP contribution in [0.4, 0.5) is 0 Å². The van der Waals surface area contributed by atoms with E-state index in [0.717, 1.165) is 5.56 Å². The minimum absolute atomic E-state index is 0.220. The summed E-state index contributed by atoms with van der Waals surface area (Å²) in [5, 5.41) is 25.1. The monoisotopic (exact) mass is 289 g/mol. The number of aromatic carboxylic acids is 1. The maximum Gasteiger partial charge on any atom is 0.336 e. The van der Waals surface area contributed by atoms with E-state index in [1.807, 2.05) is 12.1 Å². The maximum atomic E-state index is 11.3. The average molecular weight is 289 g/mol. The molecule has 5 heteroatoms. The van der Waals surface area contributed by atoms with Crippen LogP contribution in [0.3, 0.4) is 0 Å². The van der Waals surface area contributed by atoms with Crippen molar-refractivity contribution in [2.45, 2.75) is 0 Å². The van der Waals surface area contributed by atoms with Gasteiger partial charge >= 0.3 is 5.97 Å². The van der Waals surface area contributed by atoms with Crippen LogP contribution in [-0.2, 0) is 0 Å². The molecule has 0 unspecified atom stereocenters. The second kappa shape index (κ2) is 5.54. The number of carbonyl (C=O) groups is 1. The van der Waals surface area contributed by atoms with Crippen LogP contribution in [0.25, 0.3) is 22.5 Å². The predicted octanol–water partition coefficient (Wildman–Crippen LogP) is 3.31. The highest BCUT2D eigenvalue weighted by atomic mass is 16.4. The summed E-state index contributed by atoms with van der Waals surface area (Å²) in [5.41, 5.74) is 3.57. The lowest BCUT2D eigenvalue weighted by Crippen LogP contribution is -1.98. The van der Waals surface area contributed by atoms with Crippen molar-refractivity contribution in [1.29, 1.82) is 5.26 Å². The van der Waals surface area contributed by atoms with Gasteiger partial charge in [-0.3, -0.25) is 5.10 Å². The fourth-order valence-corrected chi connectivity index (χ4v) is 2.23. The Morgan fingerprint density at radius 3 is 2.55 bits per heavy atom. The largest absolute Gasteiger partial charge is 0.478 e. The van der Waals surface area contributed by atoms with Gasteiger partial charge < -0.3 is 5.11 Å². The molecule has 0 saturated carbocycles. The first-order valence-electron chi connectivity index (χ1n) is 6.57. The Labute approximate surface area is 126 Å². The van der Waals surface area contributed by atoms with Crippen molar-refractivity contribution >= 4 is 5.97 Å². The molecule has 106 valence electrons. The SMILES string of the molecule is N#Cc1ccc(-c2cc(-c3ccccc3C(=O)O)[nH]n2)cc1. The molecule has 0 aliphatic heterocycles. The number of rotatable bonds is 3. The van der Waals surface area contributed by atoms with Crippen LogP contribution in [0.1, 0.15) is 15.9 Å². The Bertz CT molecular complexity index is 873. The summed E-state index contributed by atoms with van der Waals surface area (Å²) >= 11 is 0. The van der Waals surface area contributed by atoms with E-state index in [1.165, 1.54) is 0 Å². The van der Waals surface area contributed by atoms with Crippen LogP contribution in [0.15, 0.2) is 54.6 Å². The molecular weight excluding hydrogens is 278 g/mol. The van der Waals surface area contributed by atoms with Gasteiger partial charge in [-0.25, -0.2) is 4.79 Å². The van der Waals surface area contributed by atoms with E-state index in [2.05, 4.69) is 16.3 Å². The van der Waals surface area contributed by atoms with Gasteiger partial charge in [0.05, 0.1) is 28.6 Å². The fraction of sp³-hybridized carbons (Fsp3) is 0. The zero-order chi connectivity index (χ0) is 15.5. The first-order chi connectivity index (χ1) is 10.7. The molecule has 0 atom stereocenters. The first-order valence-corrected chi connectivity index (χ1v) is 6.57. The smallest absolute Gasteiger partial charge is 0.336 e. The Balaban J connectivity index is 2.01. The van der Waals surface area contributed by atoms with E-state index in [-0.39, 0.29) is 5.56 Å². The molecule has 3 rings (SSSR count). The van der Waals surface area contributed by atoms with Crippen molar-refractivity contribution in [3.63, 3.8) is 0 Å². The number of carboxylic acid groups (broad SMARTS) is 1. The molecular formula is C17H11N3O2. The fourth-order valence-electron chi connectivity index (χ4n) is 2.23. The van der Waals surface area contributed by atoms with Gasteiger partial charge in [-0.1, -0.05) is 30.3 Å². The number of hydrogen-bond acceptors (Lipinski definition) is 3. The van der Waals surface area contributed by atoms with Gasteiger partial charge in [-0.05, 0) is 24.3 Å². The van der Waals surface area contributed by atoms with Crippen molar-refractivity contribution in [2.24, 2.45) is 0 Å². The maximum absolute atomic E-state index is 11.3. The Kier molecular flexibility index (Phi) is 3.42. The second-order valence-electron chi connectivity index (χ2n) is 4.71. The van der Waals surface area contributed by atoms with Crippen molar-refractivity contribution in [1.82, 2.24) is 10.2 Å². The Morgan fingerprint density at radius 2 is 1.86 bits per heavy atom. The average Bonchev–Trinajstić information content (AvgIpc) is 3.04. The molecule has 0 saturated heterocycles. The number of hydrogen-bond donors (Lipinski definition) is 2. The summed E-state index contributed by atoms with van der Waals surface area (Å²) in [6.45, 7) is 0. The zero-order valence-electron chi connectivity index (χ0n) is 11.4. The minimum atomic E-state index is -0.981. The molecule has 22 heavy (non-hydrogen) atoms. The van der Waals surface area contributed by atoms with Crippen LogP contribution >= 0.6 is 0 Å². The third-order valence-corrected chi connectivity index (χ3v) is 3.34. The van der Waals surface area contributed by atoms with Gasteiger partial charge in [0.2, 0.25) is 0 Å². The molecule has 2 aromatic carbocycles. The van der Waals surface area contributed by atoms with Gasteiger partial charge in [-0.15, -0.1) is 0 Å². The van der Waals surface area contributed by atoms with Gasteiger partial charge in [-0.2, -0.15) is 10.4 Å². The number of carboxylic acids is 1. The number of benzene rings is 2. The summed E-state index contributed by atoms with van der Waals surface area (Å²) in [5.74, 6) is -0.981. The number of aromatic nitrogens is 2. The highest BCUT2D eigenvalue weighted by molar-refractivity contribution is 5.95. The molecule has 0 aliphatic rings. The van der Waals surface area contributed by atoms with E-state index >= 15 is 0 Å². The molecule has 3 aromatic rings. The lowest BCUT2D eigenvalue weighted by Gasteiger charge is -2.02. The lowest BCUT2D eigenvalue weighted by molar-refractivity contribution is 0.0697. The van der Waals surface area contributed by atoms with E-state index in [4.69, 9.17) is 5.26 Å².